The Bertz CT molecular complexity index is 1250. The molecule has 0 aliphatic carbocycles. The van der Waals surface area contributed by atoms with Gasteiger partial charge in [-0.15, -0.1) is 0 Å². The summed E-state index contributed by atoms with van der Waals surface area (Å²) in [6, 6.07) is 14.0. The molecule has 1 aliphatic rings. The third-order valence-electron chi connectivity index (χ3n) is 5.87. The molecular weight excluding hydrogens is 464 g/mol. The second kappa shape index (κ2) is 9.78. The Labute approximate surface area is 195 Å². The second-order valence-electron chi connectivity index (χ2n) is 8.55. The van der Waals surface area contributed by atoms with Crippen LogP contribution in [0.15, 0.2) is 77.9 Å². The monoisotopic (exact) mass is 493 g/mol. The topological polar surface area (TPSA) is 125 Å². The van der Waals surface area contributed by atoms with Crippen LogP contribution in [-0.2, 0) is 25.7 Å². The van der Waals surface area contributed by atoms with Crippen molar-refractivity contribution in [2.45, 2.75) is 36.6 Å². The maximum atomic E-state index is 11.7. The van der Waals surface area contributed by atoms with Crippen LogP contribution in [0.3, 0.4) is 0 Å². The van der Waals surface area contributed by atoms with E-state index in [2.05, 4.69) is 5.32 Å². The van der Waals surface area contributed by atoms with E-state index in [0.29, 0.717) is 6.54 Å². The lowest BCUT2D eigenvalue weighted by atomic mass is 9.80. The quantitative estimate of drug-likeness (QED) is 0.313. The summed E-state index contributed by atoms with van der Waals surface area (Å²) in [4.78, 5) is 0.782. The number of nitrogens with one attached hydrogen (secondary N) is 2. The molecule has 2 aromatic rings. The van der Waals surface area contributed by atoms with Crippen LogP contribution in [-0.4, -0.2) is 44.3 Å². The smallest absolute Gasteiger partial charge is 0.294 e. The number of allylic oxidation sites excluding steroid dienone is 2. The summed E-state index contributed by atoms with van der Waals surface area (Å²) < 4.78 is 64.3. The molecule has 0 amide bonds. The second-order valence-corrected chi connectivity index (χ2v) is 11.5. The van der Waals surface area contributed by atoms with Crippen LogP contribution < -0.4 is 10.2 Å². The number of benzene rings is 2. The van der Waals surface area contributed by atoms with Gasteiger partial charge in [0.25, 0.3) is 20.2 Å². The summed E-state index contributed by atoms with van der Waals surface area (Å²) in [5, 5.41) is 3.17. The van der Waals surface area contributed by atoms with E-state index in [4.69, 9.17) is 4.55 Å². The van der Waals surface area contributed by atoms with Crippen molar-refractivity contribution >= 4 is 31.6 Å². The van der Waals surface area contributed by atoms with E-state index in [1.807, 2.05) is 62.4 Å². The molecule has 0 spiro atoms. The predicted octanol–water partition coefficient (Wildman–Crippen LogP) is 2.57. The minimum atomic E-state index is -4.36. The summed E-state index contributed by atoms with van der Waals surface area (Å²) >= 11 is 0. The molecule has 0 radical (unpaired) electrons. The Balaban J connectivity index is 1.87. The minimum absolute atomic E-state index is 0.132. The van der Waals surface area contributed by atoms with E-state index in [9.17, 15) is 21.4 Å². The lowest BCUT2D eigenvalue weighted by Gasteiger charge is -2.27. The maximum Gasteiger partial charge on any atom is 0.294 e. The molecule has 8 nitrogen and oxygen atoms in total. The van der Waals surface area contributed by atoms with Crippen molar-refractivity contribution in [3.8, 4) is 0 Å². The van der Waals surface area contributed by atoms with Gasteiger partial charge in [0.1, 0.15) is 11.7 Å². The number of fused-ring (bicyclic) bond motifs is 1. The van der Waals surface area contributed by atoms with Crippen LogP contribution >= 0.6 is 0 Å². The number of hydrogen-bond acceptors (Lipinski definition) is 5. The fraction of sp³-hybridized carbons (Fsp3) is 0.304. The summed E-state index contributed by atoms with van der Waals surface area (Å²) in [5.41, 5.74) is 2.05. The van der Waals surface area contributed by atoms with Crippen molar-refractivity contribution in [2.24, 2.45) is 0 Å². The van der Waals surface area contributed by atoms with E-state index in [1.54, 1.807) is 12.3 Å². The maximum absolute atomic E-state index is 11.7. The highest BCUT2D eigenvalue weighted by Gasteiger charge is 2.48. The van der Waals surface area contributed by atoms with E-state index in [0.717, 1.165) is 21.8 Å². The molecule has 10 heteroatoms. The van der Waals surface area contributed by atoms with Gasteiger partial charge >= 0.3 is 0 Å². The highest BCUT2D eigenvalue weighted by molar-refractivity contribution is 7.86. The standard InChI is InChI=1S/C23H28N2O6S2/c1-23(2)20-17-19(33(29,30)31)12-13-21(20)25(15-8-16-32(26,27)28)22(23)11-6-7-14-24-18-9-4-3-5-10-18/h3-7,9-14,17,22,24H,8,15-16H2,1-2H3,(H,26,27,28)(H,29,30,31)/p+1/b11-6+,14-7+. The van der Waals surface area contributed by atoms with Gasteiger partial charge in [-0.25, -0.2) is 0 Å². The molecule has 2 unspecified atom stereocenters. The van der Waals surface area contributed by atoms with Gasteiger partial charge in [0, 0.05) is 29.9 Å². The average molecular weight is 494 g/mol. The fourth-order valence-corrected chi connectivity index (χ4v) is 5.28. The summed E-state index contributed by atoms with van der Waals surface area (Å²) in [5.74, 6) is -0.354. The third-order valence-corrected chi connectivity index (χ3v) is 7.52. The Kier molecular flexibility index (Phi) is 7.45. The van der Waals surface area contributed by atoms with Gasteiger partial charge < -0.3 is 5.32 Å². The first-order chi connectivity index (χ1) is 15.4. The highest BCUT2D eigenvalue weighted by atomic mass is 32.2. The largest absolute Gasteiger partial charge is 0.362 e. The fourth-order valence-electron chi connectivity index (χ4n) is 4.27. The molecule has 178 valence electrons. The number of quaternary nitrogens is 1. The number of rotatable bonds is 9. The van der Waals surface area contributed by atoms with Crippen molar-refractivity contribution in [1.29, 1.82) is 0 Å². The highest BCUT2D eigenvalue weighted by Crippen LogP contribution is 2.38. The SMILES string of the molecule is CC1(C)c2cc(S(=O)(=O)O)ccc2[NH+](CCCS(=O)(=O)O)C1/C=C/C=C/Nc1ccccc1. The summed E-state index contributed by atoms with van der Waals surface area (Å²) in [6.07, 6.45) is 7.78. The molecule has 1 heterocycles. The van der Waals surface area contributed by atoms with E-state index < -0.39 is 25.7 Å². The Hall–Kier alpha value is -2.50. The van der Waals surface area contributed by atoms with Crippen LogP contribution in [0, 0.1) is 0 Å². The molecule has 0 bridgehead atoms. The molecule has 3 rings (SSSR count). The molecule has 0 fully saturated rings. The lowest BCUT2D eigenvalue weighted by Crippen LogP contribution is -3.10. The van der Waals surface area contributed by atoms with Gasteiger partial charge in [-0.3, -0.25) is 14.0 Å². The first kappa shape index (κ1) is 25.1. The number of para-hydroxylation sites is 1. The van der Waals surface area contributed by atoms with E-state index in [-0.39, 0.29) is 23.1 Å². The van der Waals surface area contributed by atoms with E-state index in [1.165, 1.54) is 12.1 Å². The molecule has 33 heavy (non-hydrogen) atoms. The van der Waals surface area contributed by atoms with Crippen molar-refractivity contribution in [3.63, 3.8) is 0 Å². The Morgan fingerprint density at radius 1 is 1.03 bits per heavy atom. The number of anilines is 1. The van der Waals surface area contributed by atoms with Gasteiger partial charge in [0.15, 0.2) is 0 Å². The van der Waals surface area contributed by atoms with E-state index >= 15 is 0 Å². The minimum Gasteiger partial charge on any atom is -0.362 e. The predicted molar refractivity (Wildman–Crippen MR) is 128 cm³/mol. The zero-order valence-electron chi connectivity index (χ0n) is 18.5. The Morgan fingerprint density at radius 3 is 2.36 bits per heavy atom. The van der Waals surface area contributed by atoms with Crippen molar-refractivity contribution in [3.05, 3.63) is 78.5 Å². The van der Waals surface area contributed by atoms with Crippen molar-refractivity contribution < 1.29 is 30.8 Å². The lowest BCUT2D eigenvalue weighted by molar-refractivity contribution is -0.850. The van der Waals surface area contributed by atoms with Gasteiger partial charge in [0.05, 0.1) is 22.6 Å². The van der Waals surface area contributed by atoms with Crippen LogP contribution in [0.25, 0.3) is 0 Å². The molecule has 4 N–H and O–H groups in total. The van der Waals surface area contributed by atoms with Gasteiger partial charge in [0.2, 0.25) is 0 Å². The summed E-state index contributed by atoms with van der Waals surface area (Å²) in [6.45, 7) is 4.38. The van der Waals surface area contributed by atoms with Gasteiger partial charge in [-0.2, -0.15) is 16.8 Å². The van der Waals surface area contributed by atoms with Gasteiger partial charge in [-0.05, 0) is 50.3 Å². The third kappa shape index (κ3) is 6.30. The van der Waals surface area contributed by atoms with Crippen LogP contribution in [0.1, 0.15) is 25.8 Å². The molecule has 2 atom stereocenters. The van der Waals surface area contributed by atoms with Gasteiger partial charge in [-0.1, -0.05) is 24.3 Å². The molecule has 0 saturated heterocycles. The zero-order chi connectivity index (χ0) is 24.3. The van der Waals surface area contributed by atoms with Crippen LogP contribution in [0.5, 0.6) is 0 Å². The van der Waals surface area contributed by atoms with Crippen molar-refractivity contribution in [2.75, 3.05) is 17.6 Å². The van der Waals surface area contributed by atoms with Crippen LogP contribution in [0.2, 0.25) is 0 Å². The number of hydrogen-bond donors (Lipinski definition) is 4. The normalized spacial score (nSPS) is 20.4. The van der Waals surface area contributed by atoms with Crippen LogP contribution in [0.4, 0.5) is 11.4 Å². The molecular formula is C23H29N2O6S2+. The molecule has 2 aromatic carbocycles. The Morgan fingerprint density at radius 2 is 1.73 bits per heavy atom. The van der Waals surface area contributed by atoms with Crippen molar-refractivity contribution in [1.82, 2.24) is 0 Å². The first-order valence-electron chi connectivity index (χ1n) is 10.5. The molecule has 0 saturated carbocycles. The zero-order valence-corrected chi connectivity index (χ0v) is 20.1. The molecule has 0 aromatic heterocycles. The first-order valence-corrected chi connectivity index (χ1v) is 13.5. The molecule has 1 aliphatic heterocycles. The average Bonchev–Trinajstić information content (AvgIpc) is 2.93. The summed E-state index contributed by atoms with van der Waals surface area (Å²) in [7, 11) is -8.43.